The third-order valence-corrected chi connectivity index (χ3v) is 2.39. The summed E-state index contributed by atoms with van der Waals surface area (Å²) >= 11 is 0. The first-order chi connectivity index (χ1) is 5.38. The molecule has 1 saturated carbocycles. The highest BCUT2D eigenvalue weighted by molar-refractivity contribution is 7.92. The highest BCUT2D eigenvalue weighted by Crippen LogP contribution is 2.28. The van der Waals surface area contributed by atoms with E-state index in [2.05, 4.69) is 4.36 Å². The van der Waals surface area contributed by atoms with Gasteiger partial charge in [0.05, 0.1) is 6.10 Å². The van der Waals surface area contributed by atoms with Crippen molar-refractivity contribution in [1.29, 1.82) is 0 Å². The Morgan fingerprint density at radius 2 is 2.00 bits per heavy atom. The van der Waals surface area contributed by atoms with Gasteiger partial charge in [-0.2, -0.15) is 4.36 Å². The van der Waals surface area contributed by atoms with E-state index in [4.69, 9.17) is 5.11 Å². The van der Waals surface area contributed by atoms with E-state index in [1.165, 1.54) is 12.5 Å². The summed E-state index contributed by atoms with van der Waals surface area (Å²) in [6, 6.07) is 0. The molecule has 0 bridgehead atoms. The molecule has 70 valence electrons. The number of rotatable bonds is 1. The van der Waals surface area contributed by atoms with Gasteiger partial charge in [0, 0.05) is 28.2 Å². The molecule has 5 heteroatoms. The van der Waals surface area contributed by atoms with E-state index in [0.29, 0.717) is 12.8 Å². The predicted molar refractivity (Wildman–Crippen MR) is 46.2 cm³/mol. The number of hydrogen-bond acceptors (Lipinski definition) is 3. The topological polar surface area (TPSA) is 66.7 Å². The first kappa shape index (κ1) is 9.67. The molecule has 0 heterocycles. The van der Waals surface area contributed by atoms with Crippen molar-refractivity contribution >= 4 is 15.6 Å². The summed E-state index contributed by atoms with van der Waals surface area (Å²) in [5.74, 6) is -0.518. The van der Waals surface area contributed by atoms with Crippen molar-refractivity contribution in [2.75, 3.05) is 12.5 Å². The van der Waals surface area contributed by atoms with Gasteiger partial charge >= 0.3 is 0 Å². The lowest BCUT2D eigenvalue weighted by Gasteiger charge is -2.28. The molecule has 1 rings (SSSR count). The lowest BCUT2D eigenvalue weighted by atomic mass is 9.82. The molecule has 1 amide bonds. The van der Waals surface area contributed by atoms with Gasteiger partial charge in [-0.1, -0.05) is 0 Å². The van der Waals surface area contributed by atoms with Crippen molar-refractivity contribution in [1.82, 2.24) is 0 Å². The Morgan fingerprint density at radius 3 is 2.33 bits per heavy atom. The number of amides is 1. The normalized spacial score (nSPS) is 29.2. The largest absolute Gasteiger partial charge is 0.393 e. The van der Waals surface area contributed by atoms with Crippen molar-refractivity contribution in [2.24, 2.45) is 10.3 Å². The highest BCUT2D eigenvalue weighted by Gasteiger charge is 2.33. The molecule has 0 aromatic rings. The van der Waals surface area contributed by atoms with Gasteiger partial charge < -0.3 is 5.11 Å². The van der Waals surface area contributed by atoms with Gasteiger partial charge in [0.15, 0.2) is 0 Å². The quantitative estimate of drug-likeness (QED) is 0.635. The molecule has 0 atom stereocenters. The molecule has 0 aliphatic heterocycles. The fourth-order valence-electron chi connectivity index (χ4n) is 1.08. The summed E-state index contributed by atoms with van der Waals surface area (Å²) in [6.07, 6.45) is 3.44. The summed E-state index contributed by atoms with van der Waals surface area (Å²) in [5.41, 5.74) is 0. The minimum atomic E-state index is -2.32. The maximum Gasteiger partial charge on any atom is 0.257 e. The molecule has 1 aliphatic rings. The molecule has 0 aromatic heterocycles. The lowest BCUT2D eigenvalue weighted by molar-refractivity contribution is -0.127. The van der Waals surface area contributed by atoms with Crippen LogP contribution >= 0.6 is 0 Å². The molecule has 0 saturated heterocycles. The second kappa shape index (κ2) is 3.14. The lowest BCUT2D eigenvalue weighted by Crippen LogP contribution is -2.33. The molecular formula is C7H13NO3S. The Balaban J connectivity index is 2.57. The monoisotopic (exact) mass is 191 g/mol. The Labute approximate surface area is 72.2 Å². The fourth-order valence-corrected chi connectivity index (χ4v) is 1.66. The predicted octanol–water partition coefficient (Wildman–Crippen LogP) is 0.0115. The number of nitrogens with zero attached hydrogens (tertiary/aromatic N) is 1. The molecule has 4 nitrogen and oxygen atoms in total. The fraction of sp³-hybridized carbons (Fsp3) is 0.857. The molecule has 12 heavy (non-hydrogen) atoms. The van der Waals surface area contributed by atoms with Crippen LogP contribution in [-0.2, 0) is 14.5 Å². The zero-order valence-corrected chi connectivity index (χ0v) is 8.00. The van der Waals surface area contributed by atoms with Gasteiger partial charge in [0.1, 0.15) is 0 Å². The van der Waals surface area contributed by atoms with E-state index >= 15 is 0 Å². The Bertz CT molecular complexity index is 290. The van der Waals surface area contributed by atoms with E-state index in [9.17, 15) is 9.00 Å². The SMILES string of the molecule is CS(C)(=O)=NC(=O)C1CC(O)C1. The van der Waals surface area contributed by atoms with Crippen LogP contribution in [0.3, 0.4) is 0 Å². The average Bonchev–Trinajstić information content (AvgIpc) is 1.76. The van der Waals surface area contributed by atoms with Crippen LogP contribution in [0.25, 0.3) is 0 Å². The van der Waals surface area contributed by atoms with Crippen LogP contribution in [-0.4, -0.2) is 33.8 Å². The molecule has 1 fully saturated rings. The van der Waals surface area contributed by atoms with E-state index in [0.717, 1.165) is 0 Å². The van der Waals surface area contributed by atoms with Crippen molar-refractivity contribution in [3.63, 3.8) is 0 Å². The van der Waals surface area contributed by atoms with Crippen LogP contribution in [0.2, 0.25) is 0 Å². The Hall–Kier alpha value is -0.420. The number of carbonyl (C=O) groups excluding carboxylic acids is 1. The van der Waals surface area contributed by atoms with Crippen LogP contribution in [0.5, 0.6) is 0 Å². The van der Waals surface area contributed by atoms with E-state index in [-0.39, 0.29) is 17.9 Å². The average molecular weight is 191 g/mol. The minimum Gasteiger partial charge on any atom is -0.393 e. The summed E-state index contributed by atoms with van der Waals surface area (Å²) in [6.45, 7) is 0. The first-order valence-electron chi connectivity index (χ1n) is 3.77. The Morgan fingerprint density at radius 1 is 1.50 bits per heavy atom. The van der Waals surface area contributed by atoms with Crippen LogP contribution in [0.4, 0.5) is 0 Å². The van der Waals surface area contributed by atoms with E-state index in [1.807, 2.05) is 0 Å². The van der Waals surface area contributed by atoms with Gasteiger partial charge in [-0.05, 0) is 12.8 Å². The van der Waals surface area contributed by atoms with Crippen molar-refractivity contribution in [3.05, 3.63) is 0 Å². The summed E-state index contributed by atoms with van der Waals surface area (Å²) in [7, 11) is -2.32. The second-order valence-corrected chi connectivity index (χ2v) is 5.98. The smallest absolute Gasteiger partial charge is 0.257 e. The minimum absolute atomic E-state index is 0.194. The van der Waals surface area contributed by atoms with Crippen LogP contribution in [0.15, 0.2) is 4.36 Å². The number of carbonyl (C=O) groups is 1. The highest BCUT2D eigenvalue weighted by atomic mass is 32.2. The molecule has 1 N–H and O–H groups in total. The maximum absolute atomic E-state index is 11.1. The summed E-state index contributed by atoms with van der Waals surface area (Å²) in [5, 5.41) is 8.90. The number of aliphatic hydroxyl groups excluding tert-OH is 1. The van der Waals surface area contributed by atoms with Crippen molar-refractivity contribution in [3.8, 4) is 0 Å². The molecular weight excluding hydrogens is 178 g/mol. The molecule has 0 radical (unpaired) electrons. The molecule has 1 aliphatic carbocycles. The summed E-state index contributed by atoms with van der Waals surface area (Å²) < 4.78 is 14.6. The second-order valence-electron chi connectivity index (χ2n) is 3.43. The number of aliphatic hydroxyl groups is 1. The summed E-state index contributed by atoms with van der Waals surface area (Å²) in [4.78, 5) is 11.1. The van der Waals surface area contributed by atoms with Crippen LogP contribution < -0.4 is 0 Å². The van der Waals surface area contributed by atoms with Crippen LogP contribution in [0, 0.1) is 5.92 Å². The van der Waals surface area contributed by atoms with E-state index in [1.54, 1.807) is 0 Å². The first-order valence-corrected chi connectivity index (χ1v) is 6.10. The molecule has 0 aromatic carbocycles. The van der Waals surface area contributed by atoms with Gasteiger partial charge in [0.2, 0.25) is 0 Å². The number of hydrogen-bond donors (Lipinski definition) is 1. The van der Waals surface area contributed by atoms with Gasteiger partial charge in [-0.15, -0.1) is 0 Å². The third kappa shape index (κ3) is 2.57. The zero-order chi connectivity index (χ0) is 9.35. The molecule has 0 unspecified atom stereocenters. The standard InChI is InChI=1S/C7H13NO3S/c1-12(2,11)8-7(10)5-3-6(9)4-5/h5-6,9H,3-4H2,1-2H3. The Kier molecular flexibility index (Phi) is 2.53. The van der Waals surface area contributed by atoms with Crippen LogP contribution in [0.1, 0.15) is 12.8 Å². The van der Waals surface area contributed by atoms with Gasteiger partial charge in [-0.25, -0.2) is 4.21 Å². The van der Waals surface area contributed by atoms with Gasteiger partial charge in [0.25, 0.3) is 5.91 Å². The third-order valence-electron chi connectivity index (χ3n) is 1.77. The van der Waals surface area contributed by atoms with Crippen molar-refractivity contribution in [2.45, 2.75) is 18.9 Å². The van der Waals surface area contributed by atoms with Crippen molar-refractivity contribution < 1.29 is 14.1 Å². The van der Waals surface area contributed by atoms with Gasteiger partial charge in [-0.3, -0.25) is 4.79 Å². The molecule has 0 spiro atoms. The maximum atomic E-state index is 11.1. The zero-order valence-electron chi connectivity index (χ0n) is 7.19. The van der Waals surface area contributed by atoms with E-state index < -0.39 is 9.73 Å².